The molecule has 0 bridgehead atoms. The van der Waals surface area contributed by atoms with Gasteiger partial charge in [0.05, 0.1) is 13.2 Å². The van der Waals surface area contributed by atoms with Crippen LogP contribution in [0.1, 0.15) is 12.0 Å². The minimum atomic E-state index is -3.83. The lowest BCUT2D eigenvalue weighted by Gasteiger charge is -2.28. The van der Waals surface area contributed by atoms with E-state index in [4.69, 9.17) is 4.74 Å². The van der Waals surface area contributed by atoms with Crippen molar-refractivity contribution < 1.29 is 17.5 Å². The zero-order valence-electron chi connectivity index (χ0n) is 16.1. The number of halogens is 1. The zero-order chi connectivity index (χ0) is 20.3. The van der Waals surface area contributed by atoms with Crippen molar-refractivity contribution >= 4 is 15.8 Å². The quantitative estimate of drug-likeness (QED) is 0.765. The van der Waals surface area contributed by atoms with Crippen LogP contribution in [0.2, 0.25) is 0 Å². The van der Waals surface area contributed by atoms with E-state index in [1.807, 2.05) is 18.2 Å². The van der Waals surface area contributed by atoms with E-state index in [-0.39, 0.29) is 16.8 Å². The van der Waals surface area contributed by atoms with Crippen LogP contribution in [0.4, 0.5) is 10.2 Å². The fourth-order valence-electron chi connectivity index (χ4n) is 3.77. The molecule has 156 valence electrons. The average Bonchev–Trinajstić information content (AvgIpc) is 3.15. The van der Waals surface area contributed by atoms with Gasteiger partial charge in [-0.15, -0.1) is 0 Å². The maximum Gasteiger partial charge on any atom is 0.242 e. The summed E-state index contributed by atoms with van der Waals surface area (Å²) in [6.07, 6.45) is 1.95. The molecule has 1 aromatic heterocycles. The smallest absolute Gasteiger partial charge is 0.242 e. The van der Waals surface area contributed by atoms with E-state index in [2.05, 4.69) is 26.7 Å². The van der Waals surface area contributed by atoms with Crippen molar-refractivity contribution in [1.29, 1.82) is 0 Å². The van der Waals surface area contributed by atoms with Gasteiger partial charge in [0.2, 0.25) is 10.0 Å². The molecule has 29 heavy (non-hydrogen) atoms. The lowest BCUT2D eigenvalue weighted by Crippen LogP contribution is -2.38. The maximum absolute atomic E-state index is 14.5. The number of aromatic nitrogens is 1. The van der Waals surface area contributed by atoms with E-state index < -0.39 is 15.8 Å². The van der Waals surface area contributed by atoms with E-state index >= 15 is 0 Å². The van der Waals surface area contributed by atoms with Crippen molar-refractivity contribution in [2.24, 2.45) is 0 Å². The molecule has 4 rings (SSSR count). The SMILES string of the molecule is O=S(=O)(N[C@@H]1CCN(Cc2ccccc2)C1)c1cnc(N2CCOCC2)c(F)c1. The van der Waals surface area contributed by atoms with Gasteiger partial charge >= 0.3 is 0 Å². The van der Waals surface area contributed by atoms with E-state index in [9.17, 15) is 12.8 Å². The Labute approximate surface area is 170 Å². The molecule has 0 spiro atoms. The normalized spacial score (nSPS) is 20.9. The highest BCUT2D eigenvalue weighted by Crippen LogP contribution is 2.22. The molecule has 1 N–H and O–H groups in total. The average molecular weight is 421 g/mol. The molecule has 0 aliphatic carbocycles. The number of hydrogen-bond donors (Lipinski definition) is 1. The molecule has 2 aromatic rings. The second-order valence-electron chi connectivity index (χ2n) is 7.40. The molecule has 1 atom stereocenters. The molecular weight excluding hydrogens is 395 g/mol. The monoisotopic (exact) mass is 420 g/mol. The van der Waals surface area contributed by atoms with Crippen LogP contribution in [0.3, 0.4) is 0 Å². The number of nitrogens with zero attached hydrogens (tertiary/aromatic N) is 3. The van der Waals surface area contributed by atoms with Gasteiger partial charge in [-0.2, -0.15) is 0 Å². The molecule has 0 radical (unpaired) electrons. The molecular formula is C20H25FN4O3S. The first-order chi connectivity index (χ1) is 14.0. The lowest BCUT2D eigenvalue weighted by atomic mass is 10.2. The molecule has 9 heteroatoms. The number of ether oxygens (including phenoxy) is 1. The van der Waals surface area contributed by atoms with Crippen molar-refractivity contribution in [3.05, 3.63) is 54.0 Å². The summed E-state index contributed by atoms with van der Waals surface area (Å²) in [6.45, 7) is 4.29. The molecule has 2 fully saturated rings. The number of hydrogen-bond acceptors (Lipinski definition) is 6. The molecule has 2 saturated heterocycles. The van der Waals surface area contributed by atoms with E-state index in [0.717, 1.165) is 19.2 Å². The summed E-state index contributed by atoms with van der Waals surface area (Å²) in [5.41, 5.74) is 1.20. The second kappa shape index (κ2) is 8.74. The third-order valence-electron chi connectivity index (χ3n) is 5.26. The van der Waals surface area contributed by atoms with Gasteiger partial charge < -0.3 is 9.64 Å². The Morgan fingerprint density at radius 2 is 1.93 bits per heavy atom. The number of rotatable bonds is 6. The Morgan fingerprint density at radius 1 is 1.17 bits per heavy atom. The van der Waals surface area contributed by atoms with Crippen LogP contribution in [-0.2, 0) is 21.3 Å². The number of anilines is 1. The first kappa shape index (κ1) is 20.2. The van der Waals surface area contributed by atoms with Gasteiger partial charge in [0, 0.05) is 45.0 Å². The first-order valence-electron chi connectivity index (χ1n) is 9.78. The van der Waals surface area contributed by atoms with Gasteiger partial charge in [0.15, 0.2) is 11.6 Å². The Balaban J connectivity index is 1.39. The third kappa shape index (κ3) is 4.92. The number of likely N-dealkylation sites (tertiary alicyclic amines) is 1. The van der Waals surface area contributed by atoms with Gasteiger partial charge in [-0.05, 0) is 18.1 Å². The topological polar surface area (TPSA) is 74.8 Å². The molecule has 2 aliphatic heterocycles. The van der Waals surface area contributed by atoms with E-state index in [1.54, 1.807) is 4.90 Å². The van der Waals surface area contributed by atoms with Crippen molar-refractivity contribution in [3.63, 3.8) is 0 Å². The number of pyridine rings is 1. The Bertz CT molecular complexity index is 936. The minimum Gasteiger partial charge on any atom is -0.378 e. The fourth-order valence-corrected chi connectivity index (χ4v) is 4.99. The predicted octanol–water partition coefficient (Wildman–Crippen LogP) is 1.61. The third-order valence-corrected chi connectivity index (χ3v) is 6.75. The van der Waals surface area contributed by atoms with Crippen molar-refractivity contribution in [1.82, 2.24) is 14.6 Å². The molecule has 1 aromatic carbocycles. The predicted molar refractivity (Wildman–Crippen MR) is 108 cm³/mol. The zero-order valence-corrected chi connectivity index (χ0v) is 16.9. The summed E-state index contributed by atoms with van der Waals surface area (Å²) in [5.74, 6) is -0.464. The molecule has 0 unspecified atom stereocenters. The highest BCUT2D eigenvalue weighted by Gasteiger charge is 2.28. The molecule has 0 saturated carbocycles. The molecule has 0 amide bonds. The standard InChI is InChI=1S/C20H25FN4O3S/c21-19-12-18(13-22-20(19)25-8-10-28-11-9-25)29(26,27)23-17-6-7-24(15-17)14-16-4-2-1-3-5-16/h1-5,12-13,17,23H,6-11,14-15H2/t17-/m1/s1. The maximum atomic E-state index is 14.5. The second-order valence-corrected chi connectivity index (χ2v) is 9.12. The van der Waals surface area contributed by atoms with Crippen LogP contribution in [0, 0.1) is 5.82 Å². The summed E-state index contributed by atoms with van der Waals surface area (Å²) < 4.78 is 47.9. The van der Waals surface area contributed by atoms with E-state index in [1.165, 1.54) is 11.8 Å². The fraction of sp³-hybridized carbons (Fsp3) is 0.450. The van der Waals surface area contributed by atoms with E-state index in [0.29, 0.717) is 39.3 Å². The first-order valence-corrected chi connectivity index (χ1v) is 11.3. The van der Waals surface area contributed by atoms with Crippen LogP contribution >= 0.6 is 0 Å². The highest BCUT2D eigenvalue weighted by molar-refractivity contribution is 7.89. The molecule has 7 nitrogen and oxygen atoms in total. The summed E-state index contributed by atoms with van der Waals surface area (Å²) in [6, 6.07) is 10.9. The summed E-state index contributed by atoms with van der Waals surface area (Å²) in [5, 5.41) is 0. The van der Waals surface area contributed by atoms with Gasteiger partial charge in [0.25, 0.3) is 0 Å². The molecule has 3 heterocycles. The Kier molecular flexibility index (Phi) is 6.09. The van der Waals surface area contributed by atoms with Crippen LogP contribution in [0.5, 0.6) is 0 Å². The highest BCUT2D eigenvalue weighted by atomic mass is 32.2. The minimum absolute atomic E-state index is 0.145. The number of morpholine rings is 1. The summed E-state index contributed by atoms with van der Waals surface area (Å²) in [4.78, 5) is 7.91. The van der Waals surface area contributed by atoms with Crippen molar-refractivity contribution in [3.8, 4) is 0 Å². The number of benzene rings is 1. The van der Waals surface area contributed by atoms with Crippen LogP contribution < -0.4 is 9.62 Å². The van der Waals surface area contributed by atoms with Crippen LogP contribution in [0.25, 0.3) is 0 Å². The number of sulfonamides is 1. The van der Waals surface area contributed by atoms with Crippen LogP contribution in [-0.4, -0.2) is 63.7 Å². The van der Waals surface area contributed by atoms with Gasteiger partial charge in [-0.3, -0.25) is 4.90 Å². The van der Waals surface area contributed by atoms with Crippen molar-refractivity contribution in [2.75, 3.05) is 44.3 Å². The van der Waals surface area contributed by atoms with Crippen molar-refractivity contribution in [2.45, 2.75) is 23.9 Å². The number of nitrogens with one attached hydrogen (secondary N) is 1. The van der Waals surface area contributed by atoms with Gasteiger partial charge in [0.1, 0.15) is 4.90 Å². The summed E-state index contributed by atoms with van der Waals surface area (Å²) in [7, 11) is -3.83. The summed E-state index contributed by atoms with van der Waals surface area (Å²) >= 11 is 0. The van der Waals surface area contributed by atoms with Gasteiger partial charge in [-0.1, -0.05) is 30.3 Å². The Morgan fingerprint density at radius 3 is 2.66 bits per heavy atom. The lowest BCUT2D eigenvalue weighted by molar-refractivity contribution is 0.122. The molecule has 2 aliphatic rings. The Hall–Kier alpha value is -2.07. The largest absolute Gasteiger partial charge is 0.378 e. The van der Waals surface area contributed by atoms with Gasteiger partial charge in [-0.25, -0.2) is 22.5 Å². The van der Waals surface area contributed by atoms with Crippen LogP contribution in [0.15, 0.2) is 47.5 Å².